The van der Waals surface area contributed by atoms with Gasteiger partial charge in [-0.15, -0.1) is 0 Å². The molecule has 0 saturated carbocycles. The maximum Gasteiger partial charge on any atom is 0.274 e. The molecule has 0 spiro atoms. The summed E-state index contributed by atoms with van der Waals surface area (Å²) >= 11 is 0. The average molecular weight is 1620 g/mol. The van der Waals surface area contributed by atoms with Crippen LogP contribution in [0.5, 0.6) is 0 Å². The summed E-state index contributed by atoms with van der Waals surface area (Å²) in [7, 11) is -35.2. The van der Waals surface area contributed by atoms with Crippen LogP contribution in [0.25, 0.3) is 22.3 Å². The van der Waals surface area contributed by atoms with Gasteiger partial charge in [-0.3, -0.25) is 56.2 Å². The third-order valence-electron chi connectivity index (χ3n) is 14.4. The Morgan fingerprint density at radius 1 is 0.581 bits per heavy atom. The van der Waals surface area contributed by atoms with Gasteiger partial charge < -0.3 is 144 Å². The highest BCUT2D eigenvalue weighted by Crippen LogP contribution is 2.58. The molecule has 0 aromatic carbocycles. The molecule has 105 heavy (non-hydrogen) atoms. The maximum atomic E-state index is 12.5. The van der Waals surface area contributed by atoms with Crippen LogP contribution in [0.2, 0.25) is 0 Å². The highest BCUT2D eigenvalue weighted by Gasteiger charge is 2.49. The number of nitrogen functional groups attached to an aromatic ring is 2. The average Bonchev–Trinajstić information content (AvgIpc) is 1.65. The summed E-state index contributed by atoms with van der Waals surface area (Å²) in [6.07, 6.45) is -12.1. The number of rotatable bonds is 41. The molecule has 592 valence electrons. The van der Waals surface area contributed by atoms with Gasteiger partial charge in [0.2, 0.25) is 23.6 Å². The summed E-state index contributed by atoms with van der Waals surface area (Å²) < 4.78 is 121. The number of carbonyl (C=O) groups is 6. The number of imidazole rings is 2. The van der Waals surface area contributed by atoms with E-state index in [2.05, 4.69) is 86.9 Å². The standard InChI is InChI=1S/C25H43N8O17P3.C25H40N7O17P3/c1-13(26)8-14(34)4-6-28-16(35)5-7-29-23(38)20(37)25(2,3)10-47-53(44,45)50-52(42,43)46-9-15-19(49-51(39,40)41)18(36)24(48-15)33-12-32-17-21(27)30-11-31-22(17)33;1-4-5-14(33)6-8-27-16(34)7-9-28-23(37)20(36)25(2,3)11-46-52(43,44)49-51(41,42)45-10-15-19(48-50(38,39)40)18(35)24(47-15)32-13-31-17-21(26)29-12-30-22(17)32/h11-13,15,18-20,24,36-37H,4-10,26H2,1-3H3,(H,28,35)(H,29,38)(H,42,43)(H,44,45)(H2,27,30,31)(H2,39,40,41);4-5,12-13,15,18-20,24,35-36H,6-11H2,1-3H3,(H,27,34)(H,28,37)(H,41,42)(H,43,44)(H2,26,29,30)(H2,38,39,40)/p-8/b;5-4+. The molecule has 55 heteroatoms. The lowest BCUT2D eigenvalue weighted by Gasteiger charge is -2.36. The number of aliphatic hydroxyl groups excluding tert-OH is 4. The molecule has 4 amide bonds. The third-order valence-corrected chi connectivity index (χ3v) is 20.5. The van der Waals surface area contributed by atoms with E-state index in [4.69, 9.17) is 26.7 Å². The Bertz CT molecular complexity index is 4030. The van der Waals surface area contributed by atoms with Gasteiger partial charge in [0.25, 0.3) is 31.3 Å². The number of hydrogen-bond donors (Lipinski definition) is 11. The van der Waals surface area contributed by atoms with Crippen molar-refractivity contribution in [1.82, 2.24) is 60.3 Å². The topological polar surface area (TPSA) is 776 Å². The molecular formula is C50H75N15O34P6-8. The van der Waals surface area contributed by atoms with E-state index >= 15 is 0 Å². The third kappa shape index (κ3) is 28.3. The summed E-state index contributed by atoms with van der Waals surface area (Å²) in [4.78, 5) is 190. The van der Waals surface area contributed by atoms with Gasteiger partial charge in [0.05, 0.1) is 54.7 Å². The van der Waals surface area contributed by atoms with Crippen LogP contribution >= 0.6 is 46.9 Å². The van der Waals surface area contributed by atoms with Crippen LogP contribution in [0.1, 0.15) is 86.1 Å². The Hall–Kier alpha value is -5.88. The molecule has 4 aromatic heterocycles. The van der Waals surface area contributed by atoms with Crippen molar-refractivity contribution in [2.75, 3.05) is 64.1 Å². The van der Waals surface area contributed by atoms with Crippen molar-refractivity contribution >= 4 is 116 Å². The molecule has 14 N–H and O–H groups in total. The number of ketones is 2. The molecule has 0 aliphatic carbocycles. The first-order chi connectivity index (χ1) is 48.5. The molecule has 0 radical (unpaired) electrons. The fourth-order valence-corrected chi connectivity index (χ4v) is 14.7. The lowest BCUT2D eigenvalue weighted by Crippen LogP contribution is -2.46. The second kappa shape index (κ2) is 38.0. The first-order valence-electron chi connectivity index (χ1n) is 30.5. The van der Waals surface area contributed by atoms with E-state index < -0.39 is 169 Å². The van der Waals surface area contributed by atoms with Crippen LogP contribution in [0.3, 0.4) is 0 Å². The number of nitrogens with two attached hydrogens (primary N) is 3. The lowest BCUT2D eigenvalue weighted by atomic mass is 9.87. The highest BCUT2D eigenvalue weighted by atomic mass is 31.3. The Kier molecular flexibility index (Phi) is 32.5. The molecule has 0 bridgehead atoms. The van der Waals surface area contributed by atoms with Gasteiger partial charge in [-0.2, -0.15) is 0 Å². The van der Waals surface area contributed by atoms with Gasteiger partial charge >= 0.3 is 0 Å². The molecule has 2 fully saturated rings. The Morgan fingerprint density at radius 2 is 0.943 bits per heavy atom. The van der Waals surface area contributed by atoms with E-state index in [-0.39, 0.29) is 110 Å². The number of nitrogens with zero attached hydrogens (tertiary/aromatic N) is 8. The number of aliphatic hydroxyl groups is 4. The number of ether oxygens (including phenoxy) is 2. The minimum absolute atomic E-state index is 0.0224. The van der Waals surface area contributed by atoms with Gasteiger partial charge in [-0.25, -0.2) is 38.5 Å². The zero-order valence-electron chi connectivity index (χ0n) is 56.0. The minimum Gasteiger partial charge on any atom is -0.790 e. The summed E-state index contributed by atoms with van der Waals surface area (Å²) in [6.45, 7) is 3.16. The Labute approximate surface area is 594 Å². The lowest BCUT2D eigenvalue weighted by molar-refractivity contribution is -0.348. The zero-order valence-corrected chi connectivity index (χ0v) is 61.4. The van der Waals surface area contributed by atoms with Gasteiger partial charge in [0, 0.05) is 75.2 Å². The molecule has 2 saturated heterocycles. The molecule has 6 heterocycles. The van der Waals surface area contributed by atoms with E-state index in [0.29, 0.717) is 0 Å². The predicted molar refractivity (Wildman–Crippen MR) is 334 cm³/mol. The van der Waals surface area contributed by atoms with E-state index in [9.17, 15) is 116 Å². The first kappa shape index (κ1) is 89.7. The molecule has 49 nitrogen and oxygen atoms in total. The van der Waals surface area contributed by atoms with Crippen molar-refractivity contribution in [2.45, 2.75) is 141 Å². The van der Waals surface area contributed by atoms with Crippen molar-refractivity contribution in [3.63, 3.8) is 0 Å². The van der Waals surface area contributed by atoms with Crippen molar-refractivity contribution in [1.29, 1.82) is 0 Å². The second-order valence-electron chi connectivity index (χ2n) is 24.2. The predicted octanol–water partition coefficient (Wildman–Crippen LogP) is -8.01. The maximum absolute atomic E-state index is 12.5. The largest absolute Gasteiger partial charge is 0.790 e. The molecule has 6 rings (SSSR count). The molecule has 15 atom stereocenters. The number of phosphoric ester groups is 6. The number of phosphoric acid groups is 6. The smallest absolute Gasteiger partial charge is 0.274 e. The Morgan fingerprint density at radius 3 is 1.30 bits per heavy atom. The van der Waals surface area contributed by atoms with Crippen molar-refractivity contribution in [2.24, 2.45) is 16.6 Å². The summed E-state index contributed by atoms with van der Waals surface area (Å²) in [5.41, 5.74) is 13.6. The minimum atomic E-state index is -5.91. The summed E-state index contributed by atoms with van der Waals surface area (Å²) in [5, 5.41) is 52.0. The van der Waals surface area contributed by atoms with Crippen LogP contribution in [0, 0.1) is 10.8 Å². The number of nitrogens with one attached hydrogen (secondary N) is 4. The van der Waals surface area contributed by atoms with E-state index in [0.717, 1.165) is 34.4 Å². The normalized spacial score (nSPS) is 22.7. The van der Waals surface area contributed by atoms with E-state index in [1.54, 1.807) is 19.9 Å². The molecular weight excluding hydrogens is 1540 g/mol. The van der Waals surface area contributed by atoms with Crippen molar-refractivity contribution < 1.29 is 161 Å². The number of anilines is 2. The molecule has 2 aliphatic heterocycles. The SMILES string of the molecule is C/C=C/C(=O)CCNC(=O)CCNC(=O)C(O)C(C)(C)COP(=O)([O-])OP(=O)([O-])OCC1OC(n2cnc3c(N)ncnc32)C(O)C1OP(=O)([O-])[O-].CC(N)CC(=O)CCNC(=O)CCNC(=O)C(O)C(C)(C)COP(=O)([O-])OP(=O)([O-])OCC1OC(n2cnc3c(N)ncnc32)C(O)C1OP(=O)([O-])[O-]. The Balaban J connectivity index is 0.000000377. The van der Waals surface area contributed by atoms with Crippen molar-refractivity contribution in [3.05, 3.63) is 37.5 Å². The summed E-state index contributed by atoms with van der Waals surface area (Å²) in [5.74, 6) is -3.56. The first-order valence-corrected chi connectivity index (χ1v) is 39.3. The molecule has 2 aliphatic rings. The monoisotopic (exact) mass is 1620 g/mol. The van der Waals surface area contributed by atoms with Gasteiger partial charge in [-0.05, 0) is 19.9 Å². The number of allylic oxidation sites excluding steroid dienone is 2. The summed E-state index contributed by atoms with van der Waals surface area (Å²) in [6, 6.07) is -0.319. The van der Waals surface area contributed by atoms with Crippen LogP contribution in [-0.2, 0) is 101 Å². The van der Waals surface area contributed by atoms with Crippen LogP contribution in [-0.4, -0.2) is 202 Å². The number of fused-ring (bicyclic) bond motifs is 2. The van der Waals surface area contributed by atoms with Gasteiger partial charge in [0.15, 0.2) is 41.2 Å². The second-order valence-corrected chi connectivity index (χ2v) is 32.3. The highest BCUT2D eigenvalue weighted by molar-refractivity contribution is 7.60. The fraction of sp³-hybridized carbons (Fsp3) is 0.640. The number of amides is 4. The number of carbonyl (C=O) groups excluding carboxylic acids is 6. The quantitative estimate of drug-likeness (QED) is 0.0145. The van der Waals surface area contributed by atoms with Crippen LogP contribution in [0.15, 0.2) is 37.5 Å². The molecule has 15 unspecified atom stereocenters. The number of Topliss-reactive ketones (excluding diaryl/α,β-unsaturated/α-hetero) is 1. The number of hydrogen-bond acceptors (Lipinski definition) is 43. The van der Waals surface area contributed by atoms with Crippen LogP contribution < -0.4 is 77.6 Å². The fourth-order valence-electron chi connectivity index (χ4n) is 9.23. The van der Waals surface area contributed by atoms with Gasteiger partial charge in [0.1, 0.15) is 78.3 Å². The van der Waals surface area contributed by atoms with Crippen molar-refractivity contribution in [3.8, 4) is 0 Å². The number of aromatic nitrogens is 8. The van der Waals surface area contributed by atoms with E-state index in [1.165, 1.54) is 33.8 Å². The molecule has 4 aromatic rings. The van der Waals surface area contributed by atoms with Crippen LogP contribution in [0.4, 0.5) is 11.6 Å². The van der Waals surface area contributed by atoms with E-state index in [1.807, 2.05) is 0 Å². The zero-order chi connectivity index (χ0) is 79.0. The van der Waals surface area contributed by atoms with Gasteiger partial charge in [-0.1, -0.05) is 33.8 Å².